The number of benzene rings is 1. The number of hydrogen-bond acceptors (Lipinski definition) is 17. The summed E-state index contributed by atoms with van der Waals surface area (Å²) in [4.78, 5) is 53.3. The van der Waals surface area contributed by atoms with E-state index in [-0.39, 0.29) is 63.0 Å². The molecule has 3 aromatic rings. The molecule has 2 saturated heterocycles. The molecule has 2 aromatic heterocycles. The summed E-state index contributed by atoms with van der Waals surface area (Å²) in [5.41, 5.74) is 17.0. The molecule has 0 saturated carbocycles. The van der Waals surface area contributed by atoms with Crippen LogP contribution in [0, 0.1) is 0 Å². The highest BCUT2D eigenvalue weighted by molar-refractivity contribution is 6.02. The van der Waals surface area contributed by atoms with E-state index in [1.807, 2.05) is 0 Å². The number of amides is 2. The summed E-state index contributed by atoms with van der Waals surface area (Å²) in [5, 5.41) is 20.4. The van der Waals surface area contributed by atoms with Crippen molar-refractivity contribution in [2.75, 3.05) is 50.9 Å². The zero-order valence-electron chi connectivity index (χ0n) is 34.3. The van der Waals surface area contributed by atoms with Crippen molar-refractivity contribution in [2.24, 2.45) is 0 Å². The standard InChI is InChI=1S/C38H59N17O2/c1-11-15-40-29-44-31(42-23-18-35(3,4)54-36(5,6)19-23)48-33(46-29)52-50-27(56)22-13-14-25(26(39)17-22)28(57)51-53-34-47-30(41-16-12-2)45-32(49-34)43-24-20-37(7,8)55-38(9,10)21-24/h11-14,17,23-24,54-55H,1-2,15-16,18-21,39H2,3-10H3,(H,50,56)(H,51,57)(H3,40,42,44,46,48,52)(H3,41,43,45,47,49,53). The van der Waals surface area contributed by atoms with Gasteiger partial charge in [-0.2, -0.15) is 29.9 Å². The number of anilines is 7. The lowest BCUT2D eigenvalue weighted by Gasteiger charge is -2.46. The van der Waals surface area contributed by atoms with E-state index in [0.29, 0.717) is 36.9 Å². The maximum absolute atomic E-state index is 13.3. The van der Waals surface area contributed by atoms with Crippen LogP contribution in [0.2, 0.25) is 0 Å². The first-order valence-corrected chi connectivity index (χ1v) is 19.1. The Hall–Kier alpha value is -5.82. The fourth-order valence-electron chi connectivity index (χ4n) is 7.97. The van der Waals surface area contributed by atoms with Gasteiger partial charge in [0.2, 0.25) is 35.7 Å². The number of nitrogens with zero attached hydrogens (tertiary/aromatic N) is 6. The number of hydrazine groups is 2. The van der Waals surface area contributed by atoms with Crippen molar-refractivity contribution in [2.45, 2.75) is 115 Å². The molecule has 308 valence electrons. The summed E-state index contributed by atoms with van der Waals surface area (Å²) in [7, 11) is 0. The molecule has 2 fully saturated rings. The van der Waals surface area contributed by atoms with E-state index in [0.717, 1.165) is 25.7 Å². The normalized spacial score (nSPS) is 18.3. The van der Waals surface area contributed by atoms with Crippen molar-refractivity contribution in [3.05, 3.63) is 54.6 Å². The molecule has 2 aliphatic heterocycles. The number of carbonyl (C=O) groups excluding carboxylic acids is 2. The molecular weight excluding hydrogens is 727 g/mol. The van der Waals surface area contributed by atoms with Crippen LogP contribution in [0.5, 0.6) is 0 Å². The number of nitrogen functional groups attached to an aromatic ring is 1. The second-order valence-corrected chi connectivity index (χ2v) is 17.2. The smallest absolute Gasteiger partial charge is 0.271 e. The zero-order chi connectivity index (χ0) is 41.6. The molecule has 5 rings (SSSR count). The predicted octanol–water partition coefficient (Wildman–Crippen LogP) is 3.79. The molecule has 4 heterocycles. The molecule has 1 aromatic carbocycles. The number of hydrogen-bond donors (Lipinski definition) is 11. The Labute approximate surface area is 334 Å². The molecule has 57 heavy (non-hydrogen) atoms. The number of nitrogens with one attached hydrogen (secondary N) is 10. The third-order valence-electron chi connectivity index (χ3n) is 9.26. The molecule has 19 heteroatoms. The van der Waals surface area contributed by atoms with Crippen LogP contribution in [-0.4, -0.2) is 89.0 Å². The van der Waals surface area contributed by atoms with E-state index in [1.54, 1.807) is 12.2 Å². The first-order chi connectivity index (χ1) is 26.7. The second-order valence-electron chi connectivity index (χ2n) is 17.2. The Bertz CT molecular complexity index is 1910. The highest BCUT2D eigenvalue weighted by atomic mass is 16.2. The van der Waals surface area contributed by atoms with Crippen LogP contribution in [0.15, 0.2) is 43.5 Å². The van der Waals surface area contributed by atoms with Gasteiger partial charge in [-0.25, -0.2) is 0 Å². The van der Waals surface area contributed by atoms with Gasteiger partial charge >= 0.3 is 0 Å². The minimum atomic E-state index is -0.569. The fraction of sp³-hybridized carbons (Fsp3) is 0.526. The summed E-state index contributed by atoms with van der Waals surface area (Å²) in [5.74, 6) is 0.399. The van der Waals surface area contributed by atoms with Gasteiger partial charge in [-0.1, -0.05) is 12.2 Å². The lowest BCUT2D eigenvalue weighted by Crippen LogP contribution is -2.60. The highest BCUT2D eigenvalue weighted by Gasteiger charge is 2.39. The van der Waals surface area contributed by atoms with Crippen molar-refractivity contribution < 1.29 is 9.59 Å². The quantitative estimate of drug-likeness (QED) is 0.0561. The topological polar surface area (TPSA) is 258 Å². The van der Waals surface area contributed by atoms with Crippen LogP contribution in [0.1, 0.15) is 102 Å². The third kappa shape index (κ3) is 12.3. The van der Waals surface area contributed by atoms with E-state index >= 15 is 0 Å². The molecule has 2 aliphatic rings. The molecule has 0 aliphatic carbocycles. The van der Waals surface area contributed by atoms with Crippen molar-refractivity contribution in [3.63, 3.8) is 0 Å². The highest BCUT2D eigenvalue weighted by Crippen LogP contribution is 2.31. The van der Waals surface area contributed by atoms with Crippen molar-refractivity contribution in [1.29, 1.82) is 0 Å². The Kier molecular flexibility index (Phi) is 12.7. The summed E-state index contributed by atoms with van der Waals surface area (Å²) >= 11 is 0. The van der Waals surface area contributed by atoms with Crippen LogP contribution in [0.25, 0.3) is 0 Å². The number of piperidine rings is 2. The Morgan fingerprint density at radius 2 is 1.04 bits per heavy atom. The van der Waals surface area contributed by atoms with Crippen LogP contribution >= 0.6 is 0 Å². The number of nitrogens with two attached hydrogens (primary N) is 1. The lowest BCUT2D eigenvalue weighted by molar-refractivity contribution is 0.0951. The van der Waals surface area contributed by atoms with E-state index in [9.17, 15) is 9.59 Å². The SMILES string of the molecule is C=CCNc1nc(NNC(=O)c2ccc(C(=O)NNc3nc(NCC=C)nc(NC4CC(C)(C)NC(C)(C)C4)n3)c(N)c2)nc(NC2CC(C)(C)NC(C)(C)C2)n1. The largest absolute Gasteiger partial charge is 0.398 e. The first kappa shape index (κ1) is 42.3. The molecule has 0 bridgehead atoms. The Balaban J connectivity index is 1.22. The van der Waals surface area contributed by atoms with Crippen LogP contribution in [0.3, 0.4) is 0 Å². The molecule has 2 amide bonds. The van der Waals surface area contributed by atoms with Gasteiger partial charge in [0.25, 0.3) is 11.8 Å². The maximum Gasteiger partial charge on any atom is 0.271 e. The zero-order valence-corrected chi connectivity index (χ0v) is 34.3. The fourth-order valence-corrected chi connectivity index (χ4v) is 7.97. The van der Waals surface area contributed by atoms with Gasteiger partial charge in [0.15, 0.2) is 0 Å². The average Bonchev–Trinajstić information content (AvgIpc) is 3.08. The molecule has 0 unspecified atom stereocenters. The van der Waals surface area contributed by atoms with E-state index in [1.165, 1.54) is 18.2 Å². The summed E-state index contributed by atoms with van der Waals surface area (Å²) in [6.07, 6.45) is 6.77. The monoisotopic (exact) mass is 786 g/mol. The molecule has 12 N–H and O–H groups in total. The van der Waals surface area contributed by atoms with Crippen molar-refractivity contribution in [3.8, 4) is 0 Å². The third-order valence-corrected chi connectivity index (χ3v) is 9.26. The van der Waals surface area contributed by atoms with Crippen molar-refractivity contribution >= 4 is 53.2 Å². The van der Waals surface area contributed by atoms with E-state index < -0.39 is 11.8 Å². The molecule has 19 nitrogen and oxygen atoms in total. The van der Waals surface area contributed by atoms with Gasteiger partial charge in [-0.05, 0) is 99.3 Å². The van der Waals surface area contributed by atoms with Gasteiger partial charge in [0, 0.05) is 58.6 Å². The van der Waals surface area contributed by atoms with Gasteiger partial charge in [-0.3, -0.25) is 31.3 Å². The number of rotatable bonds is 16. The average molecular weight is 786 g/mol. The lowest BCUT2D eigenvalue weighted by atomic mass is 9.79. The van der Waals surface area contributed by atoms with Crippen molar-refractivity contribution in [1.82, 2.24) is 51.4 Å². The maximum atomic E-state index is 13.3. The van der Waals surface area contributed by atoms with Gasteiger partial charge in [0.1, 0.15) is 0 Å². The number of aromatic nitrogens is 6. The predicted molar refractivity (Wildman–Crippen MR) is 226 cm³/mol. The molecular formula is C38H59N17O2. The Morgan fingerprint density at radius 3 is 1.44 bits per heavy atom. The summed E-state index contributed by atoms with van der Waals surface area (Å²) in [6, 6.07) is 4.51. The Morgan fingerprint density at radius 1 is 0.649 bits per heavy atom. The second kappa shape index (κ2) is 17.1. The van der Waals surface area contributed by atoms with Crippen LogP contribution in [0.4, 0.5) is 41.4 Å². The van der Waals surface area contributed by atoms with Crippen LogP contribution in [-0.2, 0) is 0 Å². The summed E-state index contributed by atoms with van der Waals surface area (Å²) < 4.78 is 0. The summed E-state index contributed by atoms with van der Waals surface area (Å²) in [6.45, 7) is 25.7. The number of carbonyl (C=O) groups is 2. The first-order valence-electron chi connectivity index (χ1n) is 19.1. The molecule has 0 radical (unpaired) electrons. The molecule has 0 spiro atoms. The van der Waals surface area contributed by atoms with E-state index in [2.05, 4.69) is 152 Å². The van der Waals surface area contributed by atoms with Gasteiger partial charge < -0.3 is 37.6 Å². The van der Waals surface area contributed by atoms with Gasteiger partial charge in [-0.15, -0.1) is 13.2 Å². The minimum Gasteiger partial charge on any atom is -0.398 e. The van der Waals surface area contributed by atoms with Gasteiger partial charge in [0.05, 0.1) is 5.56 Å². The van der Waals surface area contributed by atoms with Crippen LogP contribution < -0.4 is 59.3 Å². The minimum absolute atomic E-state index is 0.0693. The van der Waals surface area contributed by atoms with E-state index in [4.69, 9.17) is 5.73 Å². The molecule has 0 atom stereocenters.